The van der Waals surface area contributed by atoms with Crippen molar-refractivity contribution in [1.82, 2.24) is 4.90 Å². The van der Waals surface area contributed by atoms with E-state index in [9.17, 15) is 18.0 Å². The van der Waals surface area contributed by atoms with E-state index in [1.54, 1.807) is 27.8 Å². The number of carbonyl (C=O) groups is 1. The van der Waals surface area contributed by atoms with Gasteiger partial charge < -0.3 is 25.4 Å². The molecule has 0 saturated heterocycles. The Labute approximate surface area is 162 Å². The summed E-state index contributed by atoms with van der Waals surface area (Å²) < 4.78 is 46.6. The third-order valence-electron chi connectivity index (χ3n) is 3.24. The maximum atomic E-state index is 12.4. The van der Waals surface area contributed by atoms with Crippen LogP contribution in [0.3, 0.4) is 0 Å². The minimum atomic E-state index is -4.82. The van der Waals surface area contributed by atoms with Crippen molar-refractivity contribution in [1.29, 1.82) is 0 Å². The minimum absolute atomic E-state index is 0.0413. The van der Waals surface area contributed by atoms with E-state index in [-0.39, 0.29) is 24.1 Å². The van der Waals surface area contributed by atoms with Crippen molar-refractivity contribution in [3.05, 3.63) is 24.3 Å². The van der Waals surface area contributed by atoms with Gasteiger partial charge >= 0.3 is 12.5 Å². The molecule has 10 heteroatoms. The van der Waals surface area contributed by atoms with Gasteiger partial charge in [-0.2, -0.15) is 0 Å². The molecule has 158 valence electrons. The van der Waals surface area contributed by atoms with Gasteiger partial charge in [-0.3, -0.25) is 4.99 Å². The Hall–Kier alpha value is -2.65. The van der Waals surface area contributed by atoms with Gasteiger partial charge in [-0.25, -0.2) is 4.79 Å². The Bertz CT molecular complexity index is 687. The van der Waals surface area contributed by atoms with Crippen LogP contribution in [0.5, 0.6) is 5.75 Å². The topological polar surface area (TPSA) is 89.2 Å². The predicted octanol–water partition coefficient (Wildman–Crippen LogP) is 3.81. The largest absolute Gasteiger partial charge is 0.573 e. The maximum absolute atomic E-state index is 12.4. The van der Waals surface area contributed by atoms with Gasteiger partial charge in [-0.1, -0.05) is 19.1 Å². The Morgan fingerprint density at radius 2 is 1.89 bits per heavy atom. The zero-order valence-electron chi connectivity index (χ0n) is 16.6. The molecule has 1 atom stereocenters. The van der Waals surface area contributed by atoms with Gasteiger partial charge in [-0.15, -0.1) is 13.2 Å². The van der Waals surface area contributed by atoms with Crippen LogP contribution in [0.25, 0.3) is 0 Å². The number of nitrogens with two attached hydrogens (primary N) is 1. The summed E-state index contributed by atoms with van der Waals surface area (Å²) in [7, 11) is 1.61. The molecule has 0 radical (unpaired) electrons. The molecule has 0 aliphatic rings. The fourth-order valence-electron chi connectivity index (χ4n) is 2.15. The number of ether oxygens (including phenoxy) is 2. The fourth-order valence-corrected chi connectivity index (χ4v) is 2.15. The van der Waals surface area contributed by atoms with Crippen LogP contribution < -0.4 is 15.8 Å². The van der Waals surface area contributed by atoms with Gasteiger partial charge in [0.1, 0.15) is 5.60 Å². The quantitative estimate of drug-likeness (QED) is 0.556. The zero-order valence-corrected chi connectivity index (χ0v) is 16.6. The van der Waals surface area contributed by atoms with Crippen LogP contribution in [0.2, 0.25) is 0 Å². The van der Waals surface area contributed by atoms with Crippen LogP contribution in [0.1, 0.15) is 27.7 Å². The molecule has 1 rings (SSSR count). The number of guanidine groups is 1. The van der Waals surface area contributed by atoms with Crippen LogP contribution in [0.15, 0.2) is 29.3 Å². The standard InChI is InChI=1S/C18H27F3N4O3/c1-12(11-25(5)16(26)28-17(2,3)4)10-23-15(22)24-13-8-6-7-9-14(13)27-18(19,20)21/h6-9,12H,10-11H2,1-5H3,(H3,22,23,24). The van der Waals surface area contributed by atoms with Crippen LogP contribution in [0.4, 0.5) is 23.7 Å². The molecule has 0 aromatic heterocycles. The van der Waals surface area contributed by atoms with Crippen molar-refractivity contribution in [3.8, 4) is 5.75 Å². The lowest BCUT2D eigenvalue weighted by Gasteiger charge is -2.26. The molecule has 1 aromatic rings. The highest BCUT2D eigenvalue weighted by Gasteiger charge is 2.32. The van der Waals surface area contributed by atoms with E-state index in [1.165, 1.54) is 29.2 Å². The van der Waals surface area contributed by atoms with Crippen molar-refractivity contribution < 1.29 is 27.4 Å². The molecule has 1 amide bonds. The number of hydrogen-bond acceptors (Lipinski definition) is 4. The van der Waals surface area contributed by atoms with Gasteiger partial charge in [-0.05, 0) is 38.8 Å². The number of rotatable bonds is 6. The molecule has 7 nitrogen and oxygen atoms in total. The summed E-state index contributed by atoms with van der Waals surface area (Å²) in [4.78, 5) is 17.5. The molecule has 0 fully saturated rings. The Balaban J connectivity index is 2.62. The van der Waals surface area contributed by atoms with Gasteiger partial charge in [0.05, 0.1) is 5.69 Å². The first kappa shape index (κ1) is 23.4. The summed E-state index contributed by atoms with van der Waals surface area (Å²) in [5.41, 5.74) is 5.21. The van der Waals surface area contributed by atoms with E-state index in [0.29, 0.717) is 6.54 Å². The molecule has 0 bridgehead atoms. The van der Waals surface area contributed by atoms with Crippen LogP contribution in [0, 0.1) is 5.92 Å². The number of halogens is 3. The van der Waals surface area contributed by atoms with Crippen LogP contribution in [-0.2, 0) is 4.74 Å². The predicted molar refractivity (Wildman–Crippen MR) is 101 cm³/mol. The second kappa shape index (κ2) is 9.52. The molecule has 0 aliphatic carbocycles. The van der Waals surface area contributed by atoms with Gasteiger partial charge in [0.15, 0.2) is 11.7 Å². The van der Waals surface area contributed by atoms with Gasteiger partial charge in [0, 0.05) is 20.1 Å². The molecule has 3 N–H and O–H groups in total. The summed E-state index contributed by atoms with van der Waals surface area (Å²) in [6.07, 6.45) is -5.27. The first-order valence-corrected chi connectivity index (χ1v) is 8.62. The second-order valence-corrected chi connectivity index (χ2v) is 7.36. The van der Waals surface area contributed by atoms with Crippen molar-refractivity contribution in [2.24, 2.45) is 16.6 Å². The lowest BCUT2D eigenvalue weighted by molar-refractivity contribution is -0.274. The zero-order chi connectivity index (χ0) is 21.5. The highest BCUT2D eigenvalue weighted by atomic mass is 19.4. The summed E-state index contributed by atoms with van der Waals surface area (Å²) >= 11 is 0. The van der Waals surface area contributed by atoms with E-state index < -0.39 is 23.8 Å². The fraction of sp³-hybridized carbons (Fsp3) is 0.556. The van der Waals surface area contributed by atoms with Crippen LogP contribution in [-0.4, -0.2) is 49.1 Å². The molecule has 0 heterocycles. The molecule has 0 aliphatic heterocycles. The summed E-state index contributed by atoms with van der Waals surface area (Å²) in [6, 6.07) is 5.51. The number of benzene rings is 1. The molecule has 1 unspecified atom stereocenters. The number of para-hydroxylation sites is 2. The highest BCUT2D eigenvalue weighted by molar-refractivity contribution is 5.93. The van der Waals surface area contributed by atoms with Crippen molar-refractivity contribution in [3.63, 3.8) is 0 Å². The molecule has 28 heavy (non-hydrogen) atoms. The van der Waals surface area contributed by atoms with E-state index in [4.69, 9.17) is 10.5 Å². The molecule has 0 spiro atoms. The number of anilines is 1. The average molecular weight is 404 g/mol. The molecule has 0 saturated carbocycles. The first-order chi connectivity index (χ1) is 12.8. The van der Waals surface area contributed by atoms with E-state index in [1.807, 2.05) is 6.92 Å². The SMILES string of the molecule is CC(CN=C(N)Nc1ccccc1OC(F)(F)F)CN(C)C(=O)OC(C)(C)C. The number of aliphatic imine (C=N–C) groups is 1. The summed E-state index contributed by atoms with van der Waals surface area (Å²) in [5.74, 6) is -0.532. The Kier molecular flexibility index (Phi) is 7.95. The normalized spacial score (nSPS) is 13.6. The Morgan fingerprint density at radius 3 is 2.46 bits per heavy atom. The number of nitrogens with one attached hydrogen (secondary N) is 1. The first-order valence-electron chi connectivity index (χ1n) is 8.62. The summed E-state index contributed by atoms with van der Waals surface area (Å²) in [5, 5.41) is 2.59. The number of hydrogen-bond donors (Lipinski definition) is 2. The van der Waals surface area contributed by atoms with Crippen molar-refractivity contribution in [2.45, 2.75) is 39.7 Å². The number of alkyl halides is 3. The second-order valence-electron chi connectivity index (χ2n) is 7.36. The van der Waals surface area contributed by atoms with Crippen LogP contribution >= 0.6 is 0 Å². The smallest absolute Gasteiger partial charge is 0.444 e. The van der Waals surface area contributed by atoms with E-state index in [0.717, 1.165) is 0 Å². The third-order valence-corrected chi connectivity index (χ3v) is 3.24. The minimum Gasteiger partial charge on any atom is -0.444 e. The lowest BCUT2D eigenvalue weighted by Crippen LogP contribution is -2.37. The molecule has 1 aromatic carbocycles. The number of nitrogens with zero attached hydrogens (tertiary/aromatic N) is 2. The van der Waals surface area contributed by atoms with Crippen molar-refractivity contribution in [2.75, 3.05) is 25.5 Å². The van der Waals surface area contributed by atoms with Gasteiger partial charge in [0.25, 0.3) is 0 Å². The third kappa shape index (κ3) is 9.33. The number of carbonyl (C=O) groups excluding carboxylic acids is 1. The highest BCUT2D eigenvalue weighted by Crippen LogP contribution is 2.29. The Morgan fingerprint density at radius 1 is 1.29 bits per heavy atom. The maximum Gasteiger partial charge on any atom is 0.573 e. The number of amides is 1. The van der Waals surface area contributed by atoms with E-state index >= 15 is 0 Å². The van der Waals surface area contributed by atoms with E-state index in [2.05, 4.69) is 15.0 Å². The average Bonchev–Trinajstić information content (AvgIpc) is 2.52. The van der Waals surface area contributed by atoms with Gasteiger partial charge in [0.2, 0.25) is 0 Å². The monoisotopic (exact) mass is 404 g/mol. The summed E-state index contributed by atoms with van der Waals surface area (Å²) in [6.45, 7) is 7.82. The molecular formula is C18H27F3N4O3. The van der Waals surface area contributed by atoms with Crippen molar-refractivity contribution >= 4 is 17.7 Å². The molecular weight excluding hydrogens is 377 g/mol. The lowest BCUT2D eigenvalue weighted by atomic mass is 10.2.